The first-order chi connectivity index (χ1) is 7.56. The van der Waals surface area contributed by atoms with E-state index in [-0.39, 0.29) is 11.8 Å². The van der Waals surface area contributed by atoms with Crippen LogP contribution < -0.4 is 4.90 Å². The van der Waals surface area contributed by atoms with Gasteiger partial charge in [0.15, 0.2) is 0 Å². The number of halogens is 1. The van der Waals surface area contributed by atoms with Crippen molar-refractivity contribution in [3.05, 3.63) is 23.9 Å². The minimum absolute atomic E-state index is 0.323. The first-order valence-corrected chi connectivity index (χ1v) is 6.01. The van der Waals surface area contributed by atoms with Crippen LogP contribution in [0.15, 0.2) is 18.2 Å². The second kappa shape index (κ2) is 5.75. The summed E-state index contributed by atoms with van der Waals surface area (Å²) >= 11 is 3.32. The van der Waals surface area contributed by atoms with Gasteiger partial charge in [-0.2, -0.15) is 0 Å². The van der Waals surface area contributed by atoms with Crippen molar-refractivity contribution in [3.8, 4) is 0 Å². The van der Waals surface area contributed by atoms with E-state index in [1.807, 2.05) is 6.07 Å². The lowest BCUT2D eigenvalue weighted by molar-refractivity contribution is -0.124. The number of nitrogens with zero attached hydrogens (tertiary/aromatic N) is 2. The molecular weight excluding hydrogens is 272 g/mol. The number of rotatable bonds is 3. The summed E-state index contributed by atoms with van der Waals surface area (Å²) in [5, 5.41) is 0.795. The van der Waals surface area contributed by atoms with Gasteiger partial charge in [0, 0.05) is 24.9 Å². The van der Waals surface area contributed by atoms with E-state index in [1.54, 1.807) is 12.1 Å². The zero-order valence-corrected chi connectivity index (χ0v) is 10.8. The van der Waals surface area contributed by atoms with Crippen molar-refractivity contribution in [2.24, 2.45) is 0 Å². The summed E-state index contributed by atoms with van der Waals surface area (Å²) in [6.07, 6.45) is 0.761. The number of imide groups is 1. The second-order valence-corrected chi connectivity index (χ2v) is 4.09. The number of carbonyl (C=O) groups excluding carboxylic acids is 2. The molecule has 1 heterocycles. The third-order valence-corrected chi connectivity index (χ3v) is 2.40. The lowest BCUT2D eigenvalue weighted by Gasteiger charge is -2.16. The molecule has 0 aromatic carbocycles. The predicted molar refractivity (Wildman–Crippen MR) is 65.6 cm³/mol. The van der Waals surface area contributed by atoms with Gasteiger partial charge in [0.2, 0.25) is 11.8 Å². The summed E-state index contributed by atoms with van der Waals surface area (Å²) < 4.78 is 0. The van der Waals surface area contributed by atoms with Crippen molar-refractivity contribution in [1.82, 2.24) is 4.98 Å². The zero-order chi connectivity index (χ0) is 12.1. The number of aryl methyl sites for hydroxylation is 1. The van der Waals surface area contributed by atoms with E-state index in [0.29, 0.717) is 5.82 Å². The van der Waals surface area contributed by atoms with Crippen LogP contribution in [0.4, 0.5) is 5.82 Å². The van der Waals surface area contributed by atoms with E-state index in [1.165, 1.54) is 13.8 Å². The molecule has 0 bridgehead atoms. The maximum Gasteiger partial charge on any atom is 0.231 e. The van der Waals surface area contributed by atoms with E-state index in [0.717, 1.165) is 22.3 Å². The Labute approximate surface area is 103 Å². The number of anilines is 1. The Hall–Kier alpha value is -1.23. The van der Waals surface area contributed by atoms with Gasteiger partial charge in [-0.1, -0.05) is 22.0 Å². The van der Waals surface area contributed by atoms with Crippen molar-refractivity contribution in [1.29, 1.82) is 0 Å². The fourth-order valence-electron chi connectivity index (χ4n) is 1.37. The molecule has 0 spiro atoms. The Bertz CT molecular complexity index is 393. The third kappa shape index (κ3) is 3.13. The molecule has 0 radical (unpaired) electrons. The lowest BCUT2D eigenvalue weighted by Crippen LogP contribution is -2.33. The van der Waals surface area contributed by atoms with Crippen LogP contribution in [0.25, 0.3) is 0 Å². The molecule has 0 saturated heterocycles. The van der Waals surface area contributed by atoms with Gasteiger partial charge in [0.05, 0.1) is 0 Å². The molecule has 0 atom stereocenters. The highest BCUT2D eigenvalue weighted by Crippen LogP contribution is 2.13. The van der Waals surface area contributed by atoms with E-state index >= 15 is 0 Å². The Morgan fingerprint density at radius 1 is 1.31 bits per heavy atom. The van der Waals surface area contributed by atoms with Crippen LogP contribution in [0, 0.1) is 0 Å². The van der Waals surface area contributed by atoms with E-state index in [4.69, 9.17) is 0 Å². The largest absolute Gasteiger partial charge is 0.274 e. The van der Waals surface area contributed by atoms with Gasteiger partial charge in [-0.15, -0.1) is 0 Å². The van der Waals surface area contributed by atoms with Crippen molar-refractivity contribution in [2.45, 2.75) is 20.3 Å². The topological polar surface area (TPSA) is 50.3 Å². The van der Waals surface area contributed by atoms with Gasteiger partial charge < -0.3 is 0 Å². The highest BCUT2D eigenvalue weighted by Gasteiger charge is 2.17. The molecule has 0 aliphatic heterocycles. The Morgan fingerprint density at radius 3 is 2.44 bits per heavy atom. The maximum absolute atomic E-state index is 11.3. The first-order valence-electron chi connectivity index (χ1n) is 4.89. The van der Waals surface area contributed by atoms with Crippen LogP contribution >= 0.6 is 15.9 Å². The van der Waals surface area contributed by atoms with Crippen LogP contribution in [-0.2, 0) is 16.0 Å². The van der Waals surface area contributed by atoms with E-state index in [9.17, 15) is 9.59 Å². The summed E-state index contributed by atoms with van der Waals surface area (Å²) in [4.78, 5) is 27.9. The van der Waals surface area contributed by atoms with Crippen molar-refractivity contribution < 1.29 is 9.59 Å². The molecule has 0 fully saturated rings. The van der Waals surface area contributed by atoms with Crippen LogP contribution in [0.1, 0.15) is 19.5 Å². The van der Waals surface area contributed by atoms with Gasteiger partial charge in [-0.25, -0.2) is 9.88 Å². The molecule has 5 heteroatoms. The normalized spacial score (nSPS) is 9.94. The Kier molecular flexibility index (Phi) is 4.61. The zero-order valence-electron chi connectivity index (χ0n) is 9.24. The molecule has 16 heavy (non-hydrogen) atoms. The minimum Gasteiger partial charge on any atom is -0.274 e. The average Bonchev–Trinajstić information content (AvgIpc) is 2.17. The number of hydrogen-bond acceptors (Lipinski definition) is 3. The van der Waals surface area contributed by atoms with Crippen molar-refractivity contribution in [3.63, 3.8) is 0 Å². The third-order valence-electron chi connectivity index (χ3n) is 2.00. The van der Waals surface area contributed by atoms with Crippen LogP contribution in [-0.4, -0.2) is 22.1 Å². The van der Waals surface area contributed by atoms with Crippen molar-refractivity contribution >= 4 is 33.6 Å². The Balaban J connectivity index is 3.05. The number of carbonyl (C=O) groups is 2. The summed E-state index contributed by atoms with van der Waals surface area (Å²) in [5.41, 5.74) is 0.849. The summed E-state index contributed by atoms with van der Waals surface area (Å²) in [6, 6.07) is 5.31. The summed E-state index contributed by atoms with van der Waals surface area (Å²) in [5.74, 6) is -0.259. The lowest BCUT2D eigenvalue weighted by atomic mass is 10.3. The smallest absolute Gasteiger partial charge is 0.231 e. The number of pyridine rings is 1. The van der Waals surface area contributed by atoms with Crippen molar-refractivity contribution in [2.75, 3.05) is 10.2 Å². The van der Waals surface area contributed by atoms with Gasteiger partial charge in [-0.05, 0) is 18.6 Å². The highest BCUT2D eigenvalue weighted by molar-refractivity contribution is 9.09. The molecule has 0 unspecified atom stereocenters. The number of aromatic nitrogens is 1. The average molecular weight is 285 g/mol. The number of alkyl halides is 1. The van der Waals surface area contributed by atoms with Gasteiger partial charge in [-0.3, -0.25) is 9.59 Å². The van der Waals surface area contributed by atoms with Gasteiger partial charge >= 0.3 is 0 Å². The fourth-order valence-corrected chi connectivity index (χ4v) is 1.78. The number of hydrogen-bond donors (Lipinski definition) is 0. The Morgan fingerprint density at radius 2 is 1.94 bits per heavy atom. The molecule has 0 N–H and O–H groups in total. The highest BCUT2D eigenvalue weighted by atomic mass is 79.9. The molecule has 0 saturated carbocycles. The molecule has 4 nitrogen and oxygen atoms in total. The van der Waals surface area contributed by atoms with Crippen LogP contribution in [0.3, 0.4) is 0 Å². The number of amides is 2. The standard InChI is InChI=1S/C11H13BrN2O2/c1-8(15)14(9(2)16)11-5-3-4-10(13-11)6-7-12/h3-5H,6-7H2,1-2H3. The fraction of sp³-hybridized carbons (Fsp3) is 0.364. The predicted octanol–water partition coefficient (Wildman–Crippen LogP) is 1.92. The molecule has 1 aromatic rings. The van der Waals surface area contributed by atoms with Gasteiger partial charge in [0.1, 0.15) is 5.82 Å². The molecule has 86 valence electrons. The molecular formula is C11H13BrN2O2. The van der Waals surface area contributed by atoms with Crippen LogP contribution in [0.2, 0.25) is 0 Å². The molecule has 1 rings (SSSR count). The van der Waals surface area contributed by atoms with E-state index in [2.05, 4.69) is 20.9 Å². The SMILES string of the molecule is CC(=O)N(C(C)=O)c1cccc(CCBr)n1. The van der Waals surface area contributed by atoms with Gasteiger partial charge in [0.25, 0.3) is 0 Å². The monoisotopic (exact) mass is 284 g/mol. The van der Waals surface area contributed by atoms with E-state index < -0.39 is 0 Å². The maximum atomic E-state index is 11.3. The molecule has 2 amide bonds. The summed E-state index contributed by atoms with van der Waals surface area (Å²) in [6.45, 7) is 2.69. The molecule has 0 aliphatic rings. The molecule has 0 aliphatic carbocycles. The van der Waals surface area contributed by atoms with Crippen LogP contribution in [0.5, 0.6) is 0 Å². The first kappa shape index (κ1) is 12.8. The summed E-state index contributed by atoms with van der Waals surface area (Å²) in [7, 11) is 0. The molecule has 1 aromatic heterocycles. The second-order valence-electron chi connectivity index (χ2n) is 3.30. The minimum atomic E-state index is -0.323. The quantitative estimate of drug-likeness (QED) is 0.797.